The van der Waals surface area contributed by atoms with Crippen LogP contribution in [0.1, 0.15) is 29.9 Å². The van der Waals surface area contributed by atoms with Crippen LogP contribution in [0.15, 0.2) is 41.2 Å². The Kier molecular flexibility index (Phi) is 3.87. The molecular weight excluding hydrogens is 307 g/mol. The zero-order valence-corrected chi connectivity index (χ0v) is 13.2. The zero-order valence-electron chi connectivity index (χ0n) is 13.2. The highest BCUT2D eigenvalue weighted by Gasteiger charge is 2.19. The van der Waals surface area contributed by atoms with E-state index < -0.39 is 17.4 Å². The molecule has 0 unspecified atom stereocenters. The summed E-state index contributed by atoms with van der Waals surface area (Å²) in [5, 5.41) is 8.99. The van der Waals surface area contributed by atoms with Gasteiger partial charge in [-0.1, -0.05) is 12.1 Å². The topological polar surface area (TPSA) is 84.7 Å². The van der Waals surface area contributed by atoms with Gasteiger partial charge in [-0.2, -0.15) is 5.26 Å². The van der Waals surface area contributed by atoms with Gasteiger partial charge in [0.15, 0.2) is 0 Å². The number of nitriles is 1. The van der Waals surface area contributed by atoms with Crippen LogP contribution in [0.2, 0.25) is 0 Å². The van der Waals surface area contributed by atoms with Gasteiger partial charge in [0, 0.05) is 0 Å². The van der Waals surface area contributed by atoms with E-state index in [2.05, 4.69) is 4.98 Å². The van der Waals surface area contributed by atoms with Gasteiger partial charge in [0.05, 0.1) is 28.9 Å². The molecule has 0 saturated heterocycles. The Morgan fingerprint density at radius 2 is 2.08 bits per heavy atom. The highest BCUT2D eigenvalue weighted by Crippen LogP contribution is 2.21. The smallest absolute Gasteiger partial charge is 0.269 e. The summed E-state index contributed by atoms with van der Waals surface area (Å²) in [5.74, 6) is -0.314. The molecule has 24 heavy (non-hydrogen) atoms. The van der Waals surface area contributed by atoms with Crippen molar-refractivity contribution in [3.05, 3.63) is 69.5 Å². The predicted octanol–water partition coefficient (Wildman–Crippen LogP) is 2.72. The molecule has 1 atom stereocenters. The monoisotopic (exact) mass is 322 g/mol. The molecule has 0 saturated carbocycles. The molecule has 3 aromatic rings. The molecule has 0 amide bonds. The fraction of sp³-hybridized carbons (Fsp3) is 0.167. The molecule has 5 nitrogen and oxygen atoms in total. The minimum Gasteiger partial charge on any atom is -0.322 e. The molecule has 0 aliphatic rings. The van der Waals surface area contributed by atoms with E-state index in [0.29, 0.717) is 28.2 Å². The SMILES string of the molecule is Cc1ccc(F)c2c(=O)n(-c3cccc(C#N)c3)c([C@H](C)N)nc12. The summed E-state index contributed by atoms with van der Waals surface area (Å²) < 4.78 is 15.5. The van der Waals surface area contributed by atoms with Gasteiger partial charge in [0.25, 0.3) is 5.56 Å². The molecule has 1 heterocycles. The van der Waals surface area contributed by atoms with Crippen molar-refractivity contribution in [3.8, 4) is 11.8 Å². The maximum atomic E-state index is 14.3. The average molecular weight is 322 g/mol. The van der Waals surface area contributed by atoms with Gasteiger partial charge >= 0.3 is 0 Å². The number of aromatic nitrogens is 2. The first kappa shape index (κ1) is 15.8. The number of aryl methyl sites for hydroxylation is 1. The van der Waals surface area contributed by atoms with E-state index in [1.165, 1.54) is 10.6 Å². The van der Waals surface area contributed by atoms with Crippen molar-refractivity contribution < 1.29 is 4.39 Å². The van der Waals surface area contributed by atoms with Crippen molar-refractivity contribution in [2.45, 2.75) is 19.9 Å². The predicted molar refractivity (Wildman–Crippen MR) is 89.4 cm³/mol. The summed E-state index contributed by atoms with van der Waals surface area (Å²) in [6.07, 6.45) is 0. The summed E-state index contributed by atoms with van der Waals surface area (Å²) in [7, 11) is 0. The molecule has 0 bridgehead atoms. The fourth-order valence-electron chi connectivity index (χ4n) is 2.67. The van der Waals surface area contributed by atoms with E-state index in [1.54, 1.807) is 44.2 Å². The Labute approximate surface area is 137 Å². The van der Waals surface area contributed by atoms with Crippen LogP contribution in [-0.4, -0.2) is 9.55 Å². The van der Waals surface area contributed by atoms with E-state index >= 15 is 0 Å². The van der Waals surface area contributed by atoms with E-state index in [4.69, 9.17) is 11.0 Å². The highest BCUT2D eigenvalue weighted by atomic mass is 19.1. The van der Waals surface area contributed by atoms with E-state index in [-0.39, 0.29) is 5.39 Å². The van der Waals surface area contributed by atoms with Crippen molar-refractivity contribution in [2.75, 3.05) is 0 Å². The summed E-state index contributed by atoms with van der Waals surface area (Å²) >= 11 is 0. The first-order valence-electron chi connectivity index (χ1n) is 7.42. The number of rotatable bonds is 2. The van der Waals surface area contributed by atoms with Gasteiger partial charge in [-0.15, -0.1) is 0 Å². The van der Waals surface area contributed by atoms with E-state index in [9.17, 15) is 9.18 Å². The van der Waals surface area contributed by atoms with Crippen LogP contribution >= 0.6 is 0 Å². The molecule has 0 fully saturated rings. The number of fused-ring (bicyclic) bond motifs is 1. The van der Waals surface area contributed by atoms with Crippen LogP contribution in [0.3, 0.4) is 0 Å². The normalized spacial score (nSPS) is 12.1. The fourth-order valence-corrected chi connectivity index (χ4v) is 2.67. The van der Waals surface area contributed by atoms with Crippen LogP contribution in [0.5, 0.6) is 0 Å². The van der Waals surface area contributed by atoms with Crippen LogP contribution in [0.4, 0.5) is 4.39 Å². The van der Waals surface area contributed by atoms with Crippen molar-refractivity contribution in [1.29, 1.82) is 5.26 Å². The first-order chi connectivity index (χ1) is 11.4. The third-order valence-electron chi connectivity index (χ3n) is 3.84. The van der Waals surface area contributed by atoms with Gasteiger partial charge in [-0.3, -0.25) is 9.36 Å². The molecular formula is C18H15FN4O. The van der Waals surface area contributed by atoms with Gasteiger partial charge in [-0.25, -0.2) is 9.37 Å². The Bertz CT molecular complexity index is 1050. The minimum atomic E-state index is -0.630. The number of hydrogen-bond donors (Lipinski definition) is 1. The Morgan fingerprint density at radius 1 is 1.33 bits per heavy atom. The second kappa shape index (κ2) is 5.87. The second-order valence-electron chi connectivity index (χ2n) is 5.65. The molecule has 0 aliphatic heterocycles. The second-order valence-corrected chi connectivity index (χ2v) is 5.65. The van der Waals surface area contributed by atoms with Crippen molar-refractivity contribution >= 4 is 10.9 Å². The largest absolute Gasteiger partial charge is 0.322 e. The van der Waals surface area contributed by atoms with Gasteiger partial charge < -0.3 is 5.73 Å². The lowest BCUT2D eigenvalue weighted by atomic mass is 10.1. The molecule has 0 aliphatic carbocycles. The van der Waals surface area contributed by atoms with Crippen molar-refractivity contribution in [1.82, 2.24) is 9.55 Å². The minimum absolute atomic E-state index is 0.0817. The average Bonchev–Trinajstić information content (AvgIpc) is 2.57. The summed E-state index contributed by atoms with van der Waals surface area (Å²) in [6, 6.07) is 10.8. The zero-order chi connectivity index (χ0) is 17.4. The van der Waals surface area contributed by atoms with Crippen LogP contribution < -0.4 is 11.3 Å². The molecule has 2 N–H and O–H groups in total. The number of halogens is 1. The standard InChI is InChI=1S/C18H15FN4O/c1-10-6-7-14(19)15-16(10)22-17(11(2)21)23(18(15)24)13-5-3-4-12(8-13)9-20/h3-8,11H,21H2,1-2H3/t11-/m0/s1. The van der Waals surface area contributed by atoms with Gasteiger partial charge in [-0.05, 0) is 43.7 Å². The van der Waals surface area contributed by atoms with Crippen molar-refractivity contribution in [3.63, 3.8) is 0 Å². The van der Waals surface area contributed by atoms with Crippen LogP contribution in [0, 0.1) is 24.1 Å². The van der Waals surface area contributed by atoms with E-state index in [0.717, 1.165) is 0 Å². The number of nitrogens with two attached hydrogens (primary N) is 1. The first-order valence-corrected chi connectivity index (χ1v) is 7.42. The Hall–Kier alpha value is -3.04. The highest BCUT2D eigenvalue weighted by molar-refractivity contribution is 5.82. The summed E-state index contributed by atoms with van der Waals surface area (Å²) in [5.41, 5.74) is 7.28. The number of hydrogen-bond acceptors (Lipinski definition) is 4. The summed E-state index contributed by atoms with van der Waals surface area (Å²) in [6.45, 7) is 3.46. The Balaban J connectivity index is 2.49. The van der Waals surface area contributed by atoms with Gasteiger partial charge in [0.2, 0.25) is 0 Å². The molecule has 6 heteroatoms. The van der Waals surface area contributed by atoms with E-state index in [1.807, 2.05) is 6.07 Å². The quantitative estimate of drug-likeness (QED) is 0.786. The molecule has 0 spiro atoms. The molecule has 3 rings (SSSR count). The molecule has 2 aromatic carbocycles. The third-order valence-corrected chi connectivity index (χ3v) is 3.84. The molecule has 120 valence electrons. The lowest BCUT2D eigenvalue weighted by Crippen LogP contribution is -2.28. The summed E-state index contributed by atoms with van der Waals surface area (Å²) in [4.78, 5) is 17.4. The lowest BCUT2D eigenvalue weighted by Gasteiger charge is -2.17. The maximum absolute atomic E-state index is 14.3. The molecule has 0 radical (unpaired) electrons. The number of nitrogens with zero attached hydrogens (tertiary/aromatic N) is 3. The van der Waals surface area contributed by atoms with Crippen LogP contribution in [0.25, 0.3) is 16.6 Å². The van der Waals surface area contributed by atoms with Gasteiger partial charge in [0.1, 0.15) is 17.0 Å². The maximum Gasteiger partial charge on any atom is 0.269 e. The van der Waals surface area contributed by atoms with Crippen LogP contribution in [-0.2, 0) is 0 Å². The Morgan fingerprint density at radius 3 is 2.75 bits per heavy atom. The lowest BCUT2D eigenvalue weighted by molar-refractivity contribution is 0.633. The third kappa shape index (κ3) is 2.45. The van der Waals surface area contributed by atoms with Crippen molar-refractivity contribution in [2.24, 2.45) is 5.73 Å². The number of benzene rings is 2. The molecule has 1 aromatic heterocycles.